The first-order valence-electron chi connectivity index (χ1n) is 5.91. The van der Waals surface area contributed by atoms with Gasteiger partial charge in [-0.1, -0.05) is 42.5 Å². The monoisotopic (exact) mass is 246 g/mol. The summed E-state index contributed by atoms with van der Waals surface area (Å²) >= 11 is 0. The third kappa shape index (κ3) is 5.46. The van der Waals surface area contributed by atoms with Crippen molar-refractivity contribution < 1.29 is 14.6 Å². The lowest BCUT2D eigenvalue weighted by Gasteiger charge is -2.04. The zero-order valence-electron chi connectivity index (χ0n) is 10.3. The summed E-state index contributed by atoms with van der Waals surface area (Å²) in [6.45, 7) is 4.28. The Balaban J connectivity index is 2.26. The molecule has 96 valence electrons. The molecule has 0 saturated heterocycles. The van der Waals surface area contributed by atoms with E-state index in [9.17, 15) is 4.79 Å². The number of aliphatic hydroxyl groups is 1. The quantitative estimate of drug-likeness (QED) is 0.594. The Morgan fingerprint density at radius 2 is 2.06 bits per heavy atom. The van der Waals surface area contributed by atoms with E-state index in [4.69, 9.17) is 9.84 Å². The molecule has 0 radical (unpaired) electrons. The maximum absolute atomic E-state index is 11.6. The molecule has 0 aliphatic rings. The second kappa shape index (κ2) is 8.25. The summed E-state index contributed by atoms with van der Waals surface area (Å²) in [5.41, 5.74) is 1.43. The number of carbonyl (C=O) groups is 1. The molecule has 0 spiro atoms. The van der Waals surface area contributed by atoms with Crippen LogP contribution in [0.1, 0.15) is 23.2 Å². The third-order valence-electron chi connectivity index (χ3n) is 2.32. The van der Waals surface area contributed by atoms with Crippen LogP contribution in [0.2, 0.25) is 0 Å². The van der Waals surface area contributed by atoms with Gasteiger partial charge in [0, 0.05) is 13.0 Å². The molecule has 0 heterocycles. The molecule has 0 fully saturated rings. The zero-order valence-corrected chi connectivity index (χ0v) is 10.3. The molecule has 0 atom stereocenters. The van der Waals surface area contributed by atoms with E-state index in [0.717, 1.165) is 5.57 Å². The van der Waals surface area contributed by atoms with Gasteiger partial charge in [-0.05, 0) is 18.6 Å². The van der Waals surface area contributed by atoms with Crippen molar-refractivity contribution in [3.8, 4) is 0 Å². The molecule has 0 unspecified atom stereocenters. The van der Waals surface area contributed by atoms with E-state index < -0.39 is 0 Å². The maximum Gasteiger partial charge on any atom is 0.338 e. The van der Waals surface area contributed by atoms with Gasteiger partial charge in [-0.25, -0.2) is 4.79 Å². The molecule has 18 heavy (non-hydrogen) atoms. The van der Waals surface area contributed by atoms with Gasteiger partial charge in [-0.3, -0.25) is 0 Å². The van der Waals surface area contributed by atoms with Crippen LogP contribution in [0.4, 0.5) is 0 Å². The van der Waals surface area contributed by atoms with Crippen molar-refractivity contribution in [2.75, 3.05) is 13.2 Å². The molecule has 0 bridgehead atoms. The van der Waals surface area contributed by atoms with E-state index in [-0.39, 0.29) is 12.6 Å². The normalized spacial score (nSPS) is 10.5. The summed E-state index contributed by atoms with van der Waals surface area (Å²) in [5.74, 6) is -0.317. The zero-order chi connectivity index (χ0) is 13.2. The highest BCUT2D eigenvalue weighted by molar-refractivity contribution is 5.89. The summed E-state index contributed by atoms with van der Waals surface area (Å²) in [7, 11) is 0. The van der Waals surface area contributed by atoms with Gasteiger partial charge in [0.25, 0.3) is 0 Å². The van der Waals surface area contributed by atoms with Crippen LogP contribution in [0.15, 0.2) is 54.6 Å². The Kier molecular flexibility index (Phi) is 6.51. The van der Waals surface area contributed by atoms with Crippen LogP contribution in [0.25, 0.3) is 0 Å². The fourth-order valence-corrected chi connectivity index (χ4v) is 1.34. The van der Waals surface area contributed by atoms with Crippen molar-refractivity contribution in [3.63, 3.8) is 0 Å². The number of esters is 1. The van der Waals surface area contributed by atoms with Gasteiger partial charge in [-0.2, -0.15) is 0 Å². The van der Waals surface area contributed by atoms with Crippen molar-refractivity contribution >= 4 is 5.97 Å². The molecule has 0 amide bonds. The molecule has 0 aliphatic carbocycles. The average Bonchev–Trinajstić information content (AvgIpc) is 2.40. The maximum atomic E-state index is 11.6. The lowest BCUT2D eigenvalue weighted by molar-refractivity contribution is 0.0510. The van der Waals surface area contributed by atoms with Crippen molar-refractivity contribution in [1.82, 2.24) is 0 Å². The number of benzene rings is 1. The molecule has 1 aromatic rings. The lowest BCUT2D eigenvalue weighted by atomic mass is 10.2. The lowest BCUT2D eigenvalue weighted by Crippen LogP contribution is -2.06. The van der Waals surface area contributed by atoms with Crippen LogP contribution in [0.5, 0.6) is 0 Å². The van der Waals surface area contributed by atoms with Crippen molar-refractivity contribution in [3.05, 3.63) is 60.2 Å². The second-order valence-electron chi connectivity index (χ2n) is 3.82. The summed E-state index contributed by atoms with van der Waals surface area (Å²) in [6.07, 6.45) is 4.90. The molecule has 0 saturated carbocycles. The molecule has 0 aliphatic heterocycles. The number of carbonyl (C=O) groups excluding carboxylic acids is 1. The molecule has 0 aromatic heterocycles. The van der Waals surface area contributed by atoms with Crippen molar-refractivity contribution in [2.45, 2.75) is 12.8 Å². The Morgan fingerprint density at radius 3 is 2.72 bits per heavy atom. The topological polar surface area (TPSA) is 46.5 Å². The highest BCUT2D eigenvalue weighted by atomic mass is 16.5. The average molecular weight is 246 g/mol. The van der Waals surface area contributed by atoms with Crippen LogP contribution >= 0.6 is 0 Å². The van der Waals surface area contributed by atoms with Crippen LogP contribution in [-0.2, 0) is 4.74 Å². The Hall–Kier alpha value is -1.87. The second-order valence-corrected chi connectivity index (χ2v) is 3.82. The van der Waals surface area contributed by atoms with Gasteiger partial charge < -0.3 is 9.84 Å². The predicted molar refractivity (Wildman–Crippen MR) is 71.3 cm³/mol. The summed E-state index contributed by atoms with van der Waals surface area (Å²) in [6, 6.07) is 8.89. The van der Waals surface area contributed by atoms with Gasteiger partial charge in [-0.15, -0.1) is 0 Å². The predicted octanol–water partition coefficient (Wildman–Crippen LogP) is 2.73. The highest BCUT2D eigenvalue weighted by Gasteiger charge is 2.04. The van der Waals surface area contributed by atoms with E-state index >= 15 is 0 Å². The largest absolute Gasteiger partial charge is 0.462 e. The Labute approximate surface area is 107 Å². The first-order valence-corrected chi connectivity index (χ1v) is 5.91. The number of hydrogen-bond donors (Lipinski definition) is 1. The minimum atomic E-state index is -0.317. The number of aliphatic hydroxyl groups excluding tert-OH is 1. The van der Waals surface area contributed by atoms with E-state index in [1.54, 1.807) is 24.3 Å². The van der Waals surface area contributed by atoms with E-state index in [1.807, 2.05) is 18.2 Å². The molecule has 1 aromatic carbocycles. The minimum absolute atomic E-state index is 0.132. The van der Waals surface area contributed by atoms with Gasteiger partial charge >= 0.3 is 5.97 Å². The van der Waals surface area contributed by atoms with Gasteiger partial charge in [0.2, 0.25) is 0 Å². The molecule has 1 rings (SSSR count). The molecular formula is C15H18O3. The van der Waals surface area contributed by atoms with Crippen LogP contribution in [0.3, 0.4) is 0 Å². The molecule has 3 heteroatoms. The number of hydrogen-bond acceptors (Lipinski definition) is 3. The first kappa shape index (κ1) is 14.2. The number of rotatable bonds is 7. The van der Waals surface area contributed by atoms with E-state index in [1.165, 1.54) is 0 Å². The third-order valence-corrected chi connectivity index (χ3v) is 2.32. The highest BCUT2D eigenvalue weighted by Crippen LogP contribution is 2.05. The summed E-state index contributed by atoms with van der Waals surface area (Å²) in [5, 5.41) is 8.60. The molecule has 3 nitrogen and oxygen atoms in total. The van der Waals surface area contributed by atoms with E-state index in [0.29, 0.717) is 25.0 Å². The standard InChI is InChI=1S/C15H18O3/c1-13(7-5-6-11-16)10-12-18-15(17)14-8-3-2-4-9-14/h2-5,7-9,16H,1,6,10-12H2/b7-5-. The van der Waals surface area contributed by atoms with Gasteiger partial charge in [0.05, 0.1) is 12.2 Å². The number of ether oxygens (including phenoxy) is 1. The Morgan fingerprint density at radius 1 is 1.33 bits per heavy atom. The minimum Gasteiger partial charge on any atom is -0.462 e. The Bertz CT molecular complexity index is 407. The van der Waals surface area contributed by atoms with Crippen molar-refractivity contribution in [2.24, 2.45) is 0 Å². The summed E-state index contributed by atoms with van der Waals surface area (Å²) < 4.78 is 5.12. The first-order chi connectivity index (χ1) is 8.74. The SMILES string of the molecule is C=C(/C=C\CCO)CCOC(=O)c1ccccc1. The molecule has 1 N–H and O–H groups in total. The summed E-state index contributed by atoms with van der Waals surface area (Å²) in [4.78, 5) is 11.6. The van der Waals surface area contributed by atoms with Crippen molar-refractivity contribution in [1.29, 1.82) is 0 Å². The van der Waals surface area contributed by atoms with Crippen LogP contribution in [-0.4, -0.2) is 24.3 Å². The van der Waals surface area contributed by atoms with Gasteiger partial charge in [0.15, 0.2) is 0 Å². The fourth-order valence-electron chi connectivity index (χ4n) is 1.34. The van der Waals surface area contributed by atoms with E-state index in [2.05, 4.69) is 6.58 Å². The fraction of sp³-hybridized carbons (Fsp3) is 0.267. The smallest absolute Gasteiger partial charge is 0.338 e. The van der Waals surface area contributed by atoms with Gasteiger partial charge in [0.1, 0.15) is 0 Å². The molecular weight excluding hydrogens is 228 g/mol. The van der Waals surface area contributed by atoms with Crippen LogP contribution < -0.4 is 0 Å². The van der Waals surface area contributed by atoms with Crippen LogP contribution in [0, 0.1) is 0 Å². The number of allylic oxidation sites excluding steroid dienone is 1.